The second-order valence-corrected chi connectivity index (χ2v) is 5.10. The average molecular weight is 314 g/mol. The third-order valence-electron chi connectivity index (χ3n) is 3.55. The first-order valence-corrected chi connectivity index (χ1v) is 7.69. The fraction of sp³-hybridized carbons (Fsp3) is 0.316. The minimum Gasteiger partial charge on any atom is -0.496 e. The van der Waals surface area contributed by atoms with Gasteiger partial charge in [0, 0.05) is 22.4 Å². The normalized spacial score (nSPS) is 10.9. The monoisotopic (exact) mass is 314 g/mol. The molecule has 0 aliphatic carbocycles. The predicted molar refractivity (Wildman–Crippen MR) is 92.0 cm³/mol. The van der Waals surface area contributed by atoms with Crippen molar-refractivity contribution in [2.45, 2.75) is 19.8 Å². The number of esters is 1. The van der Waals surface area contributed by atoms with E-state index in [2.05, 4.69) is 6.92 Å². The van der Waals surface area contributed by atoms with Crippen molar-refractivity contribution in [1.29, 1.82) is 0 Å². The number of rotatable bonds is 7. The van der Waals surface area contributed by atoms with Crippen molar-refractivity contribution in [2.75, 3.05) is 20.8 Å². The molecule has 2 aromatic rings. The van der Waals surface area contributed by atoms with E-state index in [0.29, 0.717) is 12.4 Å². The molecule has 4 heteroatoms. The Morgan fingerprint density at radius 3 is 2.52 bits per heavy atom. The van der Waals surface area contributed by atoms with E-state index in [9.17, 15) is 4.79 Å². The summed E-state index contributed by atoms with van der Waals surface area (Å²) in [6.45, 7) is 2.49. The maximum absolute atomic E-state index is 11.7. The van der Waals surface area contributed by atoms with Crippen LogP contribution in [0.4, 0.5) is 0 Å². The number of carbonyl (C=O) groups is 1. The zero-order chi connectivity index (χ0) is 16.7. The summed E-state index contributed by atoms with van der Waals surface area (Å²) in [5.41, 5.74) is 0.774. The van der Waals surface area contributed by atoms with Gasteiger partial charge in [-0.3, -0.25) is 0 Å². The lowest BCUT2D eigenvalue weighted by molar-refractivity contribution is -0.137. The molecule has 0 unspecified atom stereocenters. The Balaban J connectivity index is 2.34. The second-order valence-electron chi connectivity index (χ2n) is 5.10. The molecule has 0 atom stereocenters. The summed E-state index contributed by atoms with van der Waals surface area (Å²) in [4.78, 5) is 11.7. The molecule has 0 aliphatic heterocycles. The number of carbonyl (C=O) groups excluding carboxylic acids is 1. The standard InChI is InChI=1S/C19H22O4/c1-4-5-12-23-18(20)11-10-14-13-17(21-2)15-8-6-7-9-16(15)19(14)22-3/h6-11,13H,4-5,12H2,1-3H3/b11-10+. The molecule has 0 saturated heterocycles. The average Bonchev–Trinajstić information content (AvgIpc) is 2.59. The number of methoxy groups -OCH3 is 2. The highest BCUT2D eigenvalue weighted by atomic mass is 16.5. The highest BCUT2D eigenvalue weighted by molar-refractivity contribution is 5.98. The molecule has 0 amide bonds. The van der Waals surface area contributed by atoms with E-state index in [-0.39, 0.29) is 5.97 Å². The molecule has 0 aliphatic rings. The van der Waals surface area contributed by atoms with Crippen LogP contribution in [0.3, 0.4) is 0 Å². The Bertz CT molecular complexity index is 704. The van der Waals surface area contributed by atoms with Crippen LogP contribution in [-0.2, 0) is 9.53 Å². The highest BCUT2D eigenvalue weighted by Crippen LogP contribution is 2.37. The fourth-order valence-electron chi connectivity index (χ4n) is 2.38. The lowest BCUT2D eigenvalue weighted by atomic mass is 10.0. The van der Waals surface area contributed by atoms with Crippen molar-refractivity contribution in [1.82, 2.24) is 0 Å². The molecular weight excluding hydrogens is 292 g/mol. The van der Waals surface area contributed by atoms with Gasteiger partial charge in [-0.2, -0.15) is 0 Å². The number of hydrogen-bond donors (Lipinski definition) is 0. The molecule has 0 spiro atoms. The van der Waals surface area contributed by atoms with Gasteiger partial charge < -0.3 is 14.2 Å². The lowest BCUT2D eigenvalue weighted by Gasteiger charge is -2.13. The van der Waals surface area contributed by atoms with Crippen molar-refractivity contribution in [3.8, 4) is 11.5 Å². The van der Waals surface area contributed by atoms with Gasteiger partial charge in [-0.15, -0.1) is 0 Å². The largest absolute Gasteiger partial charge is 0.496 e. The third-order valence-corrected chi connectivity index (χ3v) is 3.55. The van der Waals surface area contributed by atoms with E-state index >= 15 is 0 Å². The van der Waals surface area contributed by atoms with E-state index in [1.165, 1.54) is 6.08 Å². The summed E-state index contributed by atoms with van der Waals surface area (Å²) in [6, 6.07) is 9.69. The predicted octanol–water partition coefficient (Wildman–Crippen LogP) is 4.21. The number of hydrogen-bond acceptors (Lipinski definition) is 4. The number of benzene rings is 2. The fourth-order valence-corrected chi connectivity index (χ4v) is 2.38. The van der Waals surface area contributed by atoms with E-state index in [4.69, 9.17) is 14.2 Å². The van der Waals surface area contributed by atoms with Crippen LogP contribution in [0.1, 0.15) is 25.3 Å². The molecule has 4 nitrogen and oxygen atoms in total. The van der Waals surface area contributed by atoms with Crippen molar-refractivity contribution in [2.24, 2.45) is 0 Å². The van der Waals surface area contributed by atoms with Crippen LogP contribution in [0.2, 0.25) is 0 Å². The van der Waals surface area contributed by atoms with Crippen LogP contribution in [0.15, 0.2) is 36.4 Å². The van der Waals surface area contributed by atoms with Gasteiger partial charge in [-0.05, 0) is 18.6 Å². The van der Waals surface area contributed by atoms with Gasteiger partial charge in [0.25, 0.3) is 0 Å². The Kier molecular flexibility index (Phi) is 6.03. The molecule has 0 heterocycles. The number of unbranched alkanes of at least 4 members (excludes halogenated alkanes) is 1. The summed E-state index contributed by atoms with van der Waals surface area (Å²) in [6.07, 6.45) is 4.98. The van der Waals surface area contributed by atoms with Gasteiger partial charge in [0.15, 0.2) is 0 Å². The minimum atomic E-state index is -0.354. The van der Waals surface area contributed by atoms with Crippen LogP contribution in [-0.4, -0.2) is 26.8 Å². The molecule has 0 aromatic heterocycles. The van der Waals surface area contributed by atoms with Gasteiger partial charge in [0.05, 0.1) is 20.8 Å². The van der Waals surface area contributed by atoms with E-state index < -0.39 is 0 Å². The molecule has 0 radical (unpaired) electrons. The maximum atomic E-state index is 11.7. The molecule has 0 N–H and O–H groups in total. The van der Waals surface area contributed by atoms with E-state index in [1.807, 2.05) is 30.3 Å². The van der Waals surface area contributed by atoms with Gasteiger partial charge in [-0.1, -0.05) is 37.6 Å². The van der Waals surface area contributed by atoms with Gasteiger partial charge >= 0.3 is 5.97 Å². The van der Waals surface area contributed by atoms with Gasteiger partial charge in [-0.25, -0.2) is 4.79 Å². The molecule has 23 heavy (non-hydrogen) atoms. The van der Waals surface area contributed by atoms with Crippen molar-refractivity contribution in [3.05, 3.63) is 42.0 Å². The van der Waals surface area contributed by atoms with Gasteiger partial charge in [0.1, 0.15) is 11.5 Å². The van der Waals surface area contributed by atoms with Crippen molar-refractivity contribution >= 4 is 22.8 Å². The maximum Gasteiger partial charge on any atom is 0.330 e. The first-order chi connectivity index (χ1) is 11.2. The van der Waals surface area contributed by atoms with E-state index in [1.54, 1.807) is 20.3 Å². The molecule has 0 bridgehead atoms. The summed E-state index contributed by atoms with van der Waals surface area (Å²) >= 11 is 0. The summed E-state index contributed by atoms with van der Waals surface area (Å²) in [5, 5.41) is 1.91. The zero-order valence-electron chi connectivity index (χ0n) is 13.8. The van der Waals surface area contributed by atoms with Crippen molar-refractivity contribution < 1.29 is 19.0 Å². The minimum absolute atomic E-state index is 0.354. The molecule has 122 valence electrons. The Morgan fingerprint density at radius 2 is 1.87 bits per heavy atom. The third kappa shape index (κ3) is 4.03. The smallest absolute Gasteiger partial charge is 0.330 e. The van der Waals surface area contributed by atoms with Crippen molar-refractivity contribution in [3.63, 3.8) is 0 Å². The zero-order valence-corrected chi connectivity index (χ0v) is 13.8. The summed E-state index contributed by atoms with van der Waals surface area (Å²) < 4.78 is 16.1. The molecule has 2 rings (SSSR count). The second kappa shape index (κ2) is 8.22. The quantitative estimate of drug-likeness (QED) is 0.436. The molecular formula is C19H22O4. The Labute approximate surface area is 136 Å². The first-order valence-electron chi connectivity index (χ1n) is 7.69. The first kappa shape index (κ1) is 16.9. The lowest BCUT2D eigenvalue weighted by Crippen LogP contribution is -2.01. The van der Waals surface area contributed by atoms with Crippen LogP contribution < -0.4 is 9.47 Å². The molecule has 0 fully saturated rings. The summed E-state index contributed by atoms with van der Waals surface area (Å²) in [7, 11) is 3.24. The summed E-state index contributed by atoms with van der Waals surface area (Å²) in [5.74, 6) is 1.09. The number of fused-ring (bicyclic) bond motifs is 1. The van der Waals surface area contributed by atoms with Crippen LogP contribution >= 0.6 is 0 Å². The Hall–Kier alpha value is -2.49. The number of ether oxygens (including phenoxy) is 3. The molecule has 2 aromatic carbocycles. The highest BCUT2D eigenvalue weighted by Gasteiger charge is 2.11. The topological polar surface area (TPSA) is 44.8 Å². The van der Waals surface area contributed by atoms with E-state index in [0.717, 1.165) is 34.9 Å². The Morgan fingerprint density at radius 1 is 1.13 bits per heavy atom. The SMILES string of the molecule is CCCCOC(=O)/C=C/c1cc(OC)c2ccccc2c1OC. The molecule has 0 saturated carbocycles. The van der Waals surface area contributed by atoms with Crippen LogP contribution in [0, 0.1) is 0 Å². The van der Waals surface area contributed by atoms with Gasteiger partial charge in [0.2, 0.25) is 0 Å². The van der Waals surface area contributed by atoms with Crippen LogP contribution in [0.25, 0.3) is 16.8 Å². The van der Waals surface area contributed by atoms with Crippen LogP contribution in [0.5, 0.6) is 11.5 Å².